The number of benzene rings is 1. The third kappa shape index (κ3) is 3.67. The first kappa shape index (κ1) is 18.6. The molecule has 0 aliphatic carbocycles. The molecule has 27 heavy (non-hydrogen) atoms. The van der Waals surface area contributed by atoms with Crippen LogP contribution in [0.3, 0.4) is 0 Å². The molecular weight excluding hydrogens is 342 g/mol. The molecule has 3 rings (SSSR count). The zero-order chi connectivity index (χ0) is 19.4. The fraction of sp³-hybridized carbons (Fsp3) is 0.300. The maximum atomic E-state index is 13.0. The van der Waals surface area contributed by atoms with Gasteiger partial charge in [-0.2, -0.15) is 9.50 Å². The van der Waals surface area contributed by atoms with Crippen molar-refractivity contribution in [2.75, 3.05) is 6.54 Å². The van der Waals surface area contributed by atoms with E-state index in [1.807, 2.05) is 48.7 Å². The van der Waals surface area contributed by atoms with Crippen LogP contribution < -0.4 is 10.9 Å². The Bertz CT molecular complexity index is 1030. The summed E-state index contributed by atoms with van der Waals surface area (Å²) in [5, 5.41) is 7.16. The highest BCUT2D eigenvalue weighted by molar-refractivity contribution is 5.76. The molecule has 0 fully saturated rings. The largest absolute Gasteiger partial charge is 0.353 e. The molecule has 7 nitrogen and oxygen atoms in total. The van der Waals surface area contributed by atoms with Crippen LogP contribution in [0.2, 0.25) is 0 Å². The number of aryl methyl sites for hydroxylation is 1. The Morgan fingerprint density at radius 1 is 1.30 bits per heavy atom. The number of hydrogen-bond acceptors (Lipinski definition) is 4. The number of rotatable bonds is 7. The average Bonchev–Trinajstić information content (AvgIpc) is 3.12. The highest BCUT2D eigenvalue weighted by Gasteiger charge is 2.18. The molecule has 0 atom stereocenters. The highest BCUT2D eigenvalue weighted by Crippen LogP contribution is 2.17. The molecule has 0 saturated carbocycles. The van der Waals surface area contributed by atoms with Crippen LogP contribution in [0.5, 0.6) is 0 Å². The van der Waals surface area contributed by atoms with E-state index in [0.29, 0.717) is 36.7 Å². The monoisotopic (exact) mass is 365 g/mol. The van der Waals surface area contributed by atoms with Gasteiger partial charge in [-0.25, -0.2) is 0 Å². The quantitative estimate of drug-likeness (QED) is 0.650. The molecule has 1 amide bonds. The molecule has 0 aliphatic rings. The summed E-state index contributed by atoms with van der Waals surface area (Å²) in [5.41, 5.74) is 2.03. The number of carbonyl (C=O) groups is 1. The van der Waals surface area contributed by atoms with Crippen molar-refractivity contribution in [1.82, 2.24) is 24.5 Å². The molecule has 7 heteroatoms. The van der Waals surface area contributed by atoms with Crippen molar-refractivity contribution < 1.29 is 4.79 Å². The summed E-state index contributed by atoms with van der Waals surface area (Å²) >= 11 is 0. The van der Waals surface area contributed by atoms with Crippen LogP contribution >= 0.6 is 0 Å². The second kappa shape index (κ2) is 7.99. The number of amides is 1. The second-order valence-corrected chi connectivity index (χ2v) is 6.22. The lowest BCUT2D eigenvalue weighted by Crippen LogP contribution is -2.28. The van der Waals surface area contributed by atoms with Gasteiger partial charge in [0, 0.05) is 36.3 Å². The SMILES string of the molecule is C=CCNC(=O)CCc1c(C)n(CC)c2nc(-c3ccccc3)nn2c1=O. The Morgan fingerprint density at radius 2 is 2.04 bits per heavy atom. The predicted molar refractivity (Wildman–Crippen MR) is 105 cm³/mol. The van der Waals surface area contributed by atoms with E-state index in [4.69, 9.17) is 0 Å². The third-order valence-corrected chi connectivity index (χ3v) is 4.52. The molecule has 0 saturated heterocycles. The third-order valence-electron chi connectivity index (χ3n) is 4.52. The topological polar surface area (TPSA) is 81.3 Å². The Kier molecular flexibility index (Phi) is 5.49. The van der Waals surface area contributed by atoms with Gasteiger partial charge in [-0.15, -0.1) is 11.7 Å². The van der Waals surface area contributed by atoms with Gasteiger partial charge in [0.25, 0.3) is 5.56 Å². The van der Waals surface area contributed by atoms with Crippen LogP contribution in [0.15, 0.2) is 47.8 Å². The number of hydrogen-bond donors (Lipinski definition) is 1. The first-order chi connectivity index (χ1) is 13.1. The van der Waals surface area contributed by atoms with E-state index in [2.05, 4.69) is 22.0 Å². The number of nitrogens with zero attached hydrogens (tertiary/aromatic N) is 4. The summed E-state index contributed by atoms with van der Waals surface area (Å²) in [4.78, 5) is 29.5. The van der Waals surface area contributed by atoms with Crippen LogP contribution in [0, 0.1) is 6.92 Å². The summed E-state index contributed by atoms with van der Waals surface area (Å²) in [5.74, 6) is 0.911. The summed E-state index contributed by atoms with van der Waals surface area (Å²) in [6.45, 7) is 8.53. The highest BCUT2D eigenvalue weighted by atomic mass is 16.1. The van der Waals surface area contributed by atoms with E-state index in [1.54, 1.807) is 6.08 Å². The standard InChI is InChI=1S/C20H23N5O2/c1-4-13-21-17(26)12-11-16-14(3)24(5-2)20-22-18(23-25(20)19(16)27)15-9-7-6-8-10-15/h4,6-10H,1,5,11-13H2,2-3H3,(H,21,26). The molecule has 0 radical (unpaired) electrons. The fourth-order valence-electron chi connectivity index (χ4n) is 3.10. The van der Waals surface area contributed by atoms with Gasteiger partial charge in [-0.05, 0) is 20.3 Å². The van der Waals surface area contributed by atoms with Crippen LogP contribution in [-0.2, 0) is 17.8 Å². The summed E-state index contributed by atoms with van der Waals surface area (Å²) < 4.78 is 3.30. The number of carbonyl (C=O) groups excluding carboxylic acids is 1. The van der Waals surface area contributed by atoms with Gasteiger partial charge in [0.15, 0.2) is 5.82 Å². The van der Waals surface area contributed by atoms with Crippen LogP contribution in [0.4, 0.5) is 0 Å². The van der Waals surface area contributed by atoms with Crippen LogP contribution in [0.1, 0.15) is 24.6 Å². The molecule has 1 N–H and O–H groups in total. The summed E-state index contributed by atoms with van der Waals surface area (Å²) in [7, 11) is 0. The van der Waals surface area contributed by atoms with Gasteiger partial charge in [0.2, 0.25) is 11.7 Å². The molecular formula is C20H23N5O2. The second-order valence-electron chi connectivity index (χ2n) is 6.22. The van der Waals surface area contributed by atoms with Crippen molar-refractivity contribution in [3.8, 4) is 11.4 Å². The van der Waals surface area contributed by atoms with Gasteiger partial charge >= 0.3 is 0 Å². The maximum Gasteiger partial charge on any atom is 0.279 e. The fourth-order valence-corrected chi connectivity index (χ4v) is 3.10. The predicted octanol–water partition coefficient (Wildman–Crippen LogP) is 2.12. The molecule has 0 unspecified atom stereocenters. The normalized spacial score (nSPS) is 10.9. The minimum absolute atomic E-state index is 0.111. The Labute approximate surface area is 157 Å². The van der Waals surface area contributed by atoms with Gasteiger partial charge in [0.1, 0.15) is 0 Å². The minimum atomic E-state index is -0.224. The first-order valence-electron chi connectivity index (χ1n) is 8.98. The van der Waals surface area contributed by atoms with Crippen molar-refractivity contribution in [3.05, 3.63) is 64.6 Å². The van der Waals surface area contributed by atoms with Crippen LogP contribution in [0.25, 0.3) is 17.2 Å². The summed E-state index contributed by atoms with van der Waals surface area (Å²) in [6.07, 6.45) is 2.21. The minimum Gasteiger partial charge on any atom is -0.353 e. The summed E-state index contributed by atoms with van der Waals surface area (Å²) in [6, 6.07) is 9.56. The van der Waals surface area contributed by atoms with Crippen molar-refractivity contribution in [2.45, 2.75) is 33.2 Å². The van der Waals surface area contributed by atoms with Gasteiger partial charge in [-0.3, -0.25) is 9.59 Å². The molecule has 0 aliphatic heterocycles. The Hall–Kier alpha value is -3.22. The number of nitrogens with one attached hydrogen (secondary N) is 1. The molecule has 0 spiro atoms. The lowest BCUT2D eigenvalue weighted by Gasteiger charge is -2.13. The Balaban J connectivity index is 2.04. The van der Waals surface area contributed by atoms with E-state index in [1.165, 1.54) is 4.52 Å². The maximum absolute atomic E-state index is 13.0. The molecule has 0 bridgehead atoms. The van der Waals surface area contributed by atoms with E-state index in [9.17, 15) is 9.59 Å². The van der Waals surface area contributed by atoms with Gasteiger partial charge in [-0.1, -0.05) is 36.4 Å². The number of fused-ring (bicyclic) bond motifs is 1. The lowest BCUT2D eigenvalue weighted by molar-refractivity contribution is -0.120. The van der Waals surface area contributed by atoms with E-state index < -0.39 is 0 Å². The van der Waals surface area contributed by atoms with Crippen molar-refractivity contribution in [2.24, 2.45) is 0 Å². The Morgan fingerprint density at radius 3 is 2.70 bits per heavy atom. The molecule has 140 valence electrons. The van der Waals surface area contributed by atoms with Crippen molar-refractivity contribution >= 4 is 11.7 Å². The average molecular weight is 365 g/mol. The van der Waals surface area contributed by atoms with Crippen molar-refractivity contribution in [3.63, 3.8) is 0 Å². The van der Waals surface area contributed by atoms with Crippen LogP contribution in [-0.4, -0.2) is 31.6 Å². The molecule has 3 aromatic rings. The lowest BCUT2D eigenvalue weighted by atomic mass is 10.1. The zero-order valence-electron chi connectivity index (χ0n) is 15.6. The van der Waals surface area contributed by atoms with Gasteiger partial charge < -0.3 is 9.88 Å². The zero-order valence-corrected chi connectivity index (χ0v) is 15.6. The molecule has 2 aromatic heterocycles. The first-order valence-corrected chi connectivity index (χ1v) is 8.98. The smallest absolute Gasteiger partial charge is 0.279 e. The van der Waals surface area contributed by atoms with Gasteiger partial charge in [0.05, 0.1) is 0 Å². The molecule has 1 aromatic carbocycles. The van der Waals surface area contributed by atoms with Crippen molar-refractivity contribution in [1.29, 1.82) is 0 Å². The number of aromatic nitrogens is 4. The molecule has 2 heterocycles. The van der Waals surface area contributed by atoms with E-state index in [-0.39, 0.29) is 17.9 Å². The van der Waals surface area contributed by atoms with E-state index in [0.717, 1.165) is 11.3 Å². The van der Waals surface area contributed by atoms with E-state index >= 15 is 0 Å².